The number of nitrogens with zero attached hydrogens (tertiary/aromatic N) is 1. The number of carbonyl (C=O) groups is 1. The lowest BCUT2D eigenvalue weighted by Gasteiger charge is -2.48. The molecule has 4 rings (SSSR count). The summed E-state index contributed by atoms with van der Waals surface area (Å²) in [5, 5.41) is 13.2. The Morgan fingerprint density at radius 2 is 1.88 bits per heavy atom. The third kappa shape index (κ3) is 3.96. The Balaban J connectivity index is 0.000000175. The SMILES string of the molecule is C=C(NC1(CC)CC(C)C1)C(C)C.CCC(=O)N1CC2(O)CC1C2. The van der Waals surface area contributed by atoms with Crippen LogP contribution in [0, 0.1) is 11.8 Å². The van der Waals surface area contributed by atoms with Crippen LogP contribution in [-0.4, -0.2) is 39.6 Å². The molecule has 2 saturated carbocycles. The lowest BCUT2D eigenvalue weighted by Crippen LogP contribution is -2.54. The summed E-state index contributed by atoms with van der Waals surface area (Å²) >= 11 is 0. The van der Waals surface area contributed by atoms with Crippen LogP contribution in [0.4, 0.5) is 0 Å². The quantitative estimate of drug-likeness (QED) is 0.808. The van der Waals surface area contributed by atoms with Crippen molar-refractivity contribution in [3.05, 3.63) is 12.3 Å². The van der Waals surface area contributed by atoms with E-state index in [9.17, 15) is 9.90 Å². The Hall–Kier alpha value is -1.03. The van der Waals surface area contributed by atoms with E-state index in [-0.39, 0.29) is 5.91 Å². The first-order valence-electron chi connectivity index (χ1n) is 9.62. The van der Waals surface area contributed by atoms with Gasteiger partial charge in [-0.25, -0.2) is 0 Å². The molecule has 0 unspecified atom stereocenters. The first-order valence-corrected chi connectivity index (χ1v) is 9.62. The number of amides is 1. The minimum Gasteiger partial charge on any atom is -0.388 e. The van der Waals surface area contributed by atoms with E-state index in [1.807, 2.05) is 11.8 Å². The molecule has 4 heteroatoms. The highest BCUT2D eigenvalue weighted by atomic mass is 16.3. The normalized spacial score (nSPS) is 36.4. The van der Waals surface area contributed by atoms with Crippen LogP contribution in [0.2, 0.25) is 0 Å². The van der Waals surface area contributed by atoms with Crippen LogP contribution in [0.3, 0.4) is 0 Å². The molecule has 4 nitrogen and oxygen atoms in total. The third-order valence-electron chi connectivity index (χ3n) is 6.04. The maximum absolute atomic E-state index is 11.2. The topological polar surface area (TPSA) is 52.6 Å². The fourth-order valence-electron chi connectivity index (χ4n) is 4.35. The Morgan fingerprint density at radius 3 is 2.21 bits per heavy atom. The molecule has 4 aliphatic rings. The van der Waals surface area contributed by atoms with E-state index in [4.69, 9.17) is 0 Å². The van der Waals surface area contributed by atoms with Gasteiger partial charge in [-0.3, -0.25) is 4.79 Å². The Kier molecular flexibility index (Phi) is 5.68. The van der Waals surface area contributed by atoms with E-state index in [2.05, 4.69) is 39.6 Å². The van der Waals surface area contributed by atoms with E-state index >= 15 is 0 Å². The zero-order valence-electron chi connectivity index (χ0n) is 16.2. The van der Waals surface area contributed by atoms with Crippen LogP contribution in [0.25, 0.3) is 0 Å². The Bertz CT molecular complexity index is 474. The van der Waals surface area contributed by atoms with Crippen molar-refractivity contribution in [1.82, 2.24) is 10.2 Å². The van der Waals surface area contributed by atoms with Crippen LogP contribution in [0.1, 0.15) is 73.1 Å². The van der Waals surface area contributed by atoms with Crippen molar-refractivity contribution >= 4 is 5.91 Å². The monoisotopic (exact) mass is 336 g/mol. The van der Waals surface area contributed by atoms with Gasteiger partial charge in [0.2, 0.25) is 5.91 Å². The fraction of sp³-hybridized carbons (Fsp3) is 0.850. The maximum Gasteiger partial charge on any atom is 0.222 e. The summed E-state index contributed by atoms with van der Waals surface area (Å²) < 4.78 is 0. The number of carbonyl (C=O) groups excluding carboxylic acids is 1. The van der Waals surface area contributed by atoms with Gasteiger partial charge in [0.1, 0.15) is 0 Å². The van der Waals surface area contributed by atoms with Crippen molar-refractivity contribution < 1.29 is 9.90 Å². The molecule has 2 N–H and O–H groups in total. The molecule has 24 heavy (non-hydrogen) atoms. The van der Waals surface area contributed by atoms with E-state index in [1.54, 1.807) is 0 Å². The molecular weight excluding hydrogens is 300 g/mol. The number of fused-ring (bicyclic) bond motifs is 1. The van der Waals surface area contributed by atoms with Crippen LogP contribution >= 0.6 is 0 Å². The molecule has 138 valence electrons. The second-order valence-electron chi connectivity index (χ2n) is 8.61. The van der Waals surface area contributed by atoms with Crippen LogP contribution in [0.5, 0.6) is 0 Å². The standard InChI is InChI=1S/C12H23N.C8H13NO2/c1-6-12(7-10(4)8-12)13-11(5)9(2)3;1-2-7(10)9-5-8(11)3-6(9)4-8/h9-10,13H,5-8H2,1-4H3;6,11H,2-5H2,1H3. The molecule has 2 bridgehead atoms. The van der Waals surface area contributed by atoms with Gasteiger partial charge in [0.25, 0.3) is 0 Å². The van der Waals surface area contributed by atoms with Crippen molar-refractivity contribution in [3.8, 4) is 0 Å². The van der Waals surface area contributed by atoms with Crippen LogP contribution < -0.4 is 5.32 Å². The molecule has 2 heterocycles. The van der Waals surface area contributed by atoms with Gasteiger partial charge in [-0.2, -0.15) is 0 Å². The largest absolute Gasteiger partial charge is 0.388 e. The molecule has 2 aliphatic carbocycles. The third-order valence-corrected chi connectivity index (χ3v) is 6.04. The molecule has 2 aliphatic heterocycles. The van der Waals surface area contributed by atoms with Gasteiger partial charge in [-0.1, -0.05) is 41.2 Å². The number of aliphatic hydroxyl groups is 1. The molecular formula is C20H36N2O2. The van der Waals surface area contributed by atoms with Crippen molar-refractivity contribution in [3.63, 3.8) is 0 Å². The lowest BCUT2D eigenvalue weighted by atomic mass is 9.67. The summed E-state index contributed by atoms with van der Waals surface area (Å²) in [6.07, 6.45) is 6.03. The van der Waals surface area contributed by atoms with Gasteiger partial charge in [-0.15, -0.1) is 0 Å². The highest BCUT2D eigenvalue weighted by Crippen LogP contribution is 2.44. The Labute approximate surface area is 147 Å². The van der Waals surface area contributed by atoms with Gasteiger partial charge < -0.3 is 15.3 Å². The summed E-state index contributed by atoms with van der Waals surface area (Å²) in [6, 6.07) is 0.354. The predicted molar refractivity (Wildman–Crippen MR) is 98.5 cm³/mol. The average Bonchev–Trinajstić information content (AvgIpc) is 2.98. The zero-order chi connectivity index (χ0) is 18.1. The number of rotatable bonds is 5. The molecule has 0 aromatic heterocycles. The predicted octanol–water partition coefficient (Wildman–Crippen LogP) is 3.46. The minimum atomic E-state index is -0.504. The summed E-state index contributed by atoms with van der Waals surface area (Å²) in [4.78, 5) is 13.0. The summed E-state index contributed by atoms with van der Waals surface area (Å²) in [6.45, 7) is 15.5. The summed E-state index contributed by atoms with van der Waals surface area (Å²) in [5.41, 5.74) is 1.09. The molecule has 4 fully saturated rings. The van der Waals surface area contributed by atoms with E-state index in [0.29, 0.717) is 30.5 Å². The second kappa shape index (κ2) is 7.07. The smallest absolute Gasteiger partial charge is 0.222 e. The summed E-state index contributed by atoms with van der Waals surface area (Å²) in [7, 11) is 0. The van der Waals surface area contributed by atoms with Gasteiger partial charge in [-0.05, 0) is 43.9 Å². The molecule has 0 aromatic carbocycles. The molecule has 1 amide bonds. The first-order chi connectivity index (χ1) is 11.1. The second-order valence-corrected chi connectivity index (χ2v) is 8.61. The number of allylic oxidation sites excluding steroid dienone is 1. The highest BCUT2D eigenvalue weighted by Gasteiger charge is 2.55. The molecule has 0 atom stereocenters. The number of nitrogens with one attached hydrogen (secondary N) is 1. The van der Waals surface area contributed by atoms with Gasteiger partial charge in [0.15, 0.2) is 0 Å². The van der Waals surface area contributed by atoms with Crippen LogP contribution in [0.15, 0.2) is 12.3 Å². The van der Waals surface area contributed by atoms with Gasteiger partial charge in [0, 0.05) is 30.2 Å². The summed E-state index contributed by atoms with van der Waals surface area (Å²) in [5.74, 6) is 1.63. The van der Waals surface area contributed by atoms with E-state index in [1.165, 1.54) is 25.0 Å². The fourth-order valence-corrected chi connectivity index (χ4v) is 4.35. The maximum atomic E-state index is 11.2. The number of hydrogen-bond acceptors (Lipinski definition) is 3. The lowest BCUT2D eigenvalue weighted by molar-refractivity contribution is -0.130. The van der Waals surface area contributed by atoms with Gasteiger partial charge >= 0.3 is 0 Å². The van der Waals surface area contributed by atoms with Crippen molar-refractivity contribution in [2.75, 3.05) is 6.54 Å². The van der Waals surface area contributed by atoms with Gasteiger partial charge in [0.05, 0.1) is 5.60 Å². The van der Waals surface area contributed by atoms with E-state index < -0.39 is 5.60 Å². The van der Waals surface area contributed by atoms with Crippen molar-refractivity contribution in [1.29, 1.82) is 0 Å². The minimum absolute atomic E-state index is 0.184. The first kappa shape index (κ1) is 19.3. The van der Waals surface area contributed by atoms with Crippen LogP contribution in [-0.2, 0) is 4.79 Å². The average molecular weight is 337 g/mol. The van der Waals surface area contributed by atoms with Crippen molar-refractivity contribution in [2.24, 2.45) is 11.8 Å². The molecule has 0 spiro atoms. The van der Waals surface area contributed by atoms with E-state index in [0.717, 1.165) is 18.8 Å². The molecule has 0 aromatic rings. The molecule has 2 saturated heterocycles. The number of hydrogen-bond donors (Lipinski definition) is 2. The highest BCUT2D eigenvalue weighted by molar-refractivity contribution is 5.77. The molecule has 0 radical (unpaired) electrons. The Morgan fingerprint density at radius 1 is 1.29 bits per heavy atom. The van der Waals surface area contributed by atoms with Crippen molar-refractivity contribution in [2.45, 2.75) is 90.3 Å². The zero-order valence-corrected chi connectivity index (χ0v) is 16.2.